The van der Waals surface area contributed by atoms with E-state index in [2.05, 4.69) is 27.6 Å². The number of hydrogen-bond donors (Lipinski definition) is 2. The number of carbonyl (C=O) groups is 1. The lowest BCUT2D eigenvalue weighted by Crippen LogP contribution is -2.38. The van der Waals surface area contributed by atoms with Gasteiger partial charge in [0, 0.05) is 32.4 Å². The molecule has 1 aliphatic heterocycles. The Morgan fingerprint density at radius 3 is 2.76 bits per heavy atom. The minimum absolute atomic E-state index is 0.132. The summed E-state index contributed by atoms with van der Waals surface area (Å²) in [7, 11) is 0. The van der Waals surface area contributed by atoms with E-state index in [9.17, 15) is 4.79 Å². The number of aromatic nitrogens is 2. The van der Waals surface area contributed by atoms with E-state index in [1.807, 2.05) is 10.9 Å². The number of carbonyl (C=O) groups excluding carboxylic acids is 1. The van der Waals surface area contributed by atoms with Gasteiger partial charge in [-0.3, -0.25) is 9.58 Å². The number of nitrogens with zero attached hydrogens (tertiary/aromatic N) is 3. The number of amides is 2. The Hall–Kier alpha value is -1.60. The van der Waals surface area contributed by atoms with Gasteiger partial charge in [0.2, 0.25) is 0 Å². The van der Waals surface area contributed by atoms with E-state index >= 15 is 0 Å². The van der Waals surface area contributed by atoms with Gasteiger partial charge in [-0.15, -0.1) is 0 Å². The molecule has 0 atom stereocenters. The number of rotatable bonds is 7. The maximum Gasteiger partial charge on any atom is 0.319 e. The number of hydrogen-bond acceptors (Lipinski definition) is 4. The van der Waals surface area contributed by atoms with Crippen molar-refractivity contribution in [1.29, 1.82) is 0 Å². The van der Waals surface area contributed by atoms with Crippen molar-refractivity contribution in [2.24, 2.45) is 5.41 Å². The highest BCUT2D eigenvalue weighted by Gasteiger charge is 2.32. The van der Waals surface area contributed by atoms with E-state index in [0.29, 0.717) is 5.41 Å². The molecule has 0 bridgehead atoms. The van der Waals surface area contributed by atoms with Crippen LogP contribution in [0.15, 0.2) is 12.4 Å². The summed E-state index contributed by atoms with van der Waals surface area (Å²) in [6, 6.07) is -0.132. The topological polar surface area (TPSA) is 71.4 Å². The first-order valence-electron chi connectivity index (χ1n) is 9.57. The van der Waals surface area contributed by atoms with Crippen molar-refractivity contribution in [1.82, 2.24) is 20.0 Å². The Morgan fingerprint density at radius 1 is 1.28 bits per heavy atom. The van der Waals surface area contributed by atoms with Crippen molar-refractivity contribution >= 4 is 11.7 Å². The number of urea groups is 1. The van der Waals surface area contributed by atoms with Crippen LogP contribution in [0.25, 0.3) is 0 Å². The van der Waals surface area contributed by atoms with E-state index in [-0.39, 0.29) is 6.03 Å². The van der Waals surface area contributed by atoms with Gasteiger partial charge in [-0.1, -0.05) is 19.8 Å². The van der Waals surface area contributed by atoms with E-state index in [1.165, 1.54) is 25.7 Å². The molecule has 1 aromatic heterocycles. The van der Waals surface area contributed by atoms with Crippen LogP contribution in [-0.4, -0.2) is 60.1 Å². The van der Waals surface area contributed by atoms with Crippen LogP contribution in [0.4, 0.5) is 10.5 Å². The van der Waals surface area contributed by atoms with E-state index in [0.717, 1.165) is 58.0 Å². The zero-order valence-corrected chi connectivity index (χ0v) is 15.3. The number of morpholine rings is 1. The first-order valence-corrected chi connectivity index (χ1v) is 9.57. The second-order valence-electron chi connectivity index (χ2n) is 7.31. The molecule has 140 valence electrons. The van der Waals surface area contributed by atoms with Gasteiger partial charge in [-0.05, 0) is 24.7 Å². The normalized spacial score (nSPS) is 20.5. The molecule has 2 amide bonds. The third-order valence-corrected chi connectivity index (χ3v) is 5.68. The second kappa shape index (κ2) is 8.67. The fourth-order valence-corrected chi connectivity index (χ4v) is 3.84. The van der Waals surface area contributed by atoms with Crippen LogP contribution < -0.4 is 10.6 Å². The van der Waals surface area contributed by atoms with Gasteiger partial charge in [0.1, 0.15) is 0 Å². The number of ether oxygens (including phenoxy) is 1. The summed E-state index contributed by atoms with van der Waals surface area (Å²) in [5.41, 5.74) is 1.05. The van der Waals surface area contributed by atoms with Crippen molar-refractivity contribution < 1.29 is 9.53 Å². The smallest absolute Gasteiger partial charge is 0.319 e. The van der Waals surface area contributed by atoms with Crippen molar-refractivity contribution in [3.05, 3.63) is 12.4 Å². The Labute approximate surface area is 150 Å². The maximum absolute atomic E-state index is 12.2. The molecule has 2 N–H and O–H groups in total. The monoisotopic (exact) mass is 349 g/mol. The lowest BCUT2D eigenvalue weighted by molar-refractivity contribution is 0.0360. The van der Waals surface area contributed by atoms with Gasteiger partial charge in [0.25, 0.3) is 0 Å². The molecule has 1 aliphatic carbocycles. The molecule has 1 aromatic rings. The molecule has 3 rings (SSSR count). The Kier molecular flexibility index (Phi) is 6.31. The molecule has 2 aliphatic rings. The van der Waals surface area contributed by atoms with Gasteiger partial charge in [0.05, 0.1) is 31.6 Å². The van der Waals surface area contributed by atoms with Crippen molar-refractivity contribution in [2.45, 2.75) is 45.6 Å². The quantitative estimate of drug-likeness (QED) is 0.792. The molecule has 2 fully saturated rings. The maximum atomic E-state index is 12.2. The zero-order chi connectivity index (χ0) is 17.5. The number of nitrogens with one attached hydrogen (secondary N) is 2. The lowest BCUT2D eigenvalue weighted by Gasteiger charge is -2.27. The molecule has 0 radical (unpaired) electrons. The molecule has 2 heterocycles. The van der Waals surface area contributed by atoms with Crippen LogP contribution in [0, 0.1) is 5.41 Å². The van der Waals surface area contributed by atoms with Gasteiger partial charge >= 0.3 is 6.03 Å². The summed E-state index contributed by atoms with van der Waals surface area (Å²) in [6.45, 7) is 8.35. The molecule has 7 nitrogen and oxygen atoms in total. The molecule has 1 saturated carbocycles. The highest BCUT2D eigenvalue weighted by Crippen LogP contribution is 2.40. The van der Waals surface area contributed by atoms with Crippen LogP contribution in [0.2, 0.25) is 0 Å². The van der Waals surface area contributed by atoms with Gasteiger partial charge < -0.3 is 15.4 Å². The summed E-state index contributed by atoms with van der Waals surface area (Å²) >= 11 is 0. The van der Waals surface area contributed by atoms with Crippen LogP contribution >= 0.6 is 0 Å². The van der Waals surface area contributed by atoms with Crippen molar-refractivity contribution in [2.75, 3.05) is 44.7 Å². The van der Waals surface area contributed by atoms with Crippen LogP contribution in [0.1, 0.15) is 39.0 Å². The Bertz CT molecular complexity index is 547. The molecule has 0 unspecified atom stereocenters. The largest absolute Gasteiger partial charge is 0.379 e. The lowest BCUT2D eigenvalue weighted by atomic mass is 9.83. The van der Waals surface area contributed by atoms with Crippen molar-refractivity contribution in [3.63, 3.8) is 0 Å². The molecular weight excluding hydrogens is 318 g/mol. The first kappa shape index (κ1) is 18.2. The van der Waals surface area contributed by atoms with Crippen LogP contribution in [-0.2, 0) is 11.3 Å². The highest BCUT2D eigenvalue weighted by atomic mass is 16.5. The SMILES string of the molecule is CCC1(CNC(=O)Nc2cnn(CCN3CCOCC3)c2)CCCC1. The molecule has 0 aromatic carbocycles. The number of anilines is 1. The third kappa shape index (κ3) is 5.19. The fraction of sp³-hybridized carbons (Fsp3) is 0.778. The van der Waals surface area contributed by atoms with Crippen molar-refractivity contribution in [3.8, 4) is 0 Å². The Balaban J connectivity index is 1.40. The zero-order valence-electron chi connectivity index (χ0n) is 15.3. The van der Waals surface area contributed by atoms with Gasteiger partial charge in [0.15, 0.2) is 0 Å². The highest BCUT2D eigenvalue weighted by molar-refractivity contribution is 5.88. The standard InChI is InChI=1S/C18H31N5O2/c1-2-18(5-3-4-6-18)15-19-17(24)21-16-13-20-23(14-16)8-7-22-9-11-25-12-10-22/h13-14H,2-12,15H2,1H3,(H2,19,21,24). The second-order valence-corrected chi connectivity index (χ2v) is 7.31. The minimum Gasteiger partial charge on any atom is -0.379 e. The van der Waals surface area contributed by atoms with Crippen LogP contribution in [0.5, 0.6) is 0 Å². The summed E-state index contributed by atoms with van der Waals surface area (Å²) in [5.74, 6) is 0. The van der Waals surface area contributed by atoms with Gasteiger partial charge in [-0.25, -0.2) is 4.79 Å². The molecule has 0 spiro atoms. The molecule has 25 heavy (non-hydrogen) atoms. The first-order chi connectivity index (χ1) is 12.2. The minimum atomic E-state index is -0.132. The van der Waals surface area contributed by atoms with Gasteiger partial charge in [-0.2, -0.15) is 5.10 Å². The molecule has 7 heteroatoms. The predicted octanol–water partition coefficient (Wildman–Crippen LogP) is 2.31. The van der Waals surface area contributed by atoms with E-state index in [4.69, 9.17) is 4.74 Å². The predicted molar refractivity (Wildman–Crippen MR) is 97.7 cm³/mol. The Morgan fingerprint density at radius 2 is 2.04 bits per heavy atom. The average molecular weight is 349 g/mol. The van der Waals surface area contributed by atoms with E-state index < -0.39 is 0 Å². The summed E-state index contributed by atoms with van der Waals surface area (Å²) < 4.78 is 7.24. The van der Waals surface area contributed by atoms with E-state index in [1.54, 1.807) is 6.20 Å². The average Bonchev–Trinajstić information content (AvgIpc) is 3.29. The summed E-state index contributed by atoms with van der Waals surface area (Å²) in [5, 5.41) is 10.3. The van der Waals surface area contributed by atoms with Crippen LogP contribution in [0.3, 0.4) is 0 Å². The summed E-state index contributed by atoms with van der Waals surface area (Å²) in [6.07, 6.45) is 9.76. The summed E-state index contributed by atoms with van der Waals surface area (Å²) in [4.78, 5) is 14.5. The molecule has 1 saturated heterocycles. The fourth-order valence-electron chi connectivity index (χ4n) is 3.84. The molecular formula is C18H31N5O2. The third-order valence-electron chi connectivity index (χ3n) is 5.68.